The molecule has 1 heterocycles. The first-order chi connectivity index (χ1) is 9.41. The highest BCUT2D eigenvalue weighted by Gasteiger charge is 2.29. The zero-order valence-electron chi connectivity index (χ0n) is 11.9. The van der Waals surface area contributed by atoms with Crippen LogP contribution in [-0.4, -0.2) is 20.7 Å². The van der Waals surface area contributed by atoms with Gasteiger partial charge in [-0.2, -0.15) is 0 Å². The number of carbonyl (C=O) groups is 1. The minimum absolute atomic E-state index is 0.0646. The molecule has 0 saturated heterocycles. The summed E-state index contributed by atoms with van der Waals surface area (Å²) in [6.07, 6.45) is 1.60. The summed E-state index contributed by atoms with van der Waals surface area (Å²) in [6.45, 7) is 4.11. The zero-order chi connectivity index (χ0) is 14.8. The normalized spacial score (nSPS) is 11.3. The Hall–Kier alpha value is -2.37. The number of carbonyl (C=O) groups excluding carboxylic acids is 1. The van der Waals surface area contributed by atoms with E-state index in [2.05, 4.69) is 15.5 Å². The highest BCUT2D eigenvalue weighted by Crippen LogP contribution is 2.24. The van der Waals surface area contributed by atoms with Crippen LogP contribution in [0.1, 0.15) is 25.2 Å². The summed E-state index contributed by atoms with van der Waals surface area (Å²) in [5, 5.41) is 10.6. The molecule has 0 fully saturated rings. The van der Waals surface area contributed by atoms with Gasteiger partial charge in [0.05, 0.1) is 12.0 Å². The van der Waals surface area contributed by atoms with Crippen LogP contribution in [0.2, 0.25) is 0 Å². The number of benzene rings is 1. The Morgan fingerprint density at radius 1 is 1.35 bits per heavy atom. The molecule has 20 heavy (non-hydrogen) atoms. The summed E-state index contributed by atoms with van der Waals surface area (Å²) in [7, 11) is 1.84. The van der Waals surface area contributed by atoms with Crippen molar-refractivity contribution in [1.29, 1.82) is 0 Å². The van der Waals surface area contributed by atoms with E-state index in [1.54, 1.807) is 23.0 Å². The number of amides is 1. The Balaban J connectivity index is 2.07. The van der Waals surface area contributed by atoms with Crippen LogP contribution in [0.5, 0.6) is 0 Å². The number of nitrogens with one attached hydrogen (secondary N) is 1. The fraction of sp³-hybridized carbons (Fsp3) is 0.357. The Bertz CT molecular complexity index is 600. The van der Waals surface area contributed by atoms with E-state index in [0.29, 0.717) is 18.1 Å². The fourth-order valence-electron chi connectivity index (χ4n) is 1.88. The molecule has 2 rings (SSSR count). The van der Waals surface area contributed by atoms with E-state index in [1.165, 1.54) is 0 Å². The molecule has 0 saturated carbocycles. The van der Waals surface area contributed by atoms with E-state index < -0.39 is 5.41 Å². The first-order valence-corrected chi connectivity index (χ1v) is 6.38. The molecule has 1 aromatic carbocycles. The molecule has 1 amide bonds. The third kappa shape index (κ3) is 2.79. The van der Waals surface area contributed by atoms with Crippen molar-refractivity contribution in [3.05, 3.63) is 42.0 Å². The van der Waals surface area contributed by atoms with Gasteiger partial charge in [0.25, 0.3) is 0 Å². The Kier molecular flexibility index (Phi) is 3.74. The number of aromatic nitrogens is 3. The zero-order valence-corrected chi connectivity index (χ0v) is 11.9. The molecule has 0 unspecified atom stereocenters. The van der Waals surface area contributed by atoms with Crippen molar-refractivity contribution >= 4 is 11.6 Å². The summed E-state index contributed by atoms with van der Waals surface area (Å²) < 4.78 is 1.77. The molecular formula is C14H19N5O. The van der Waals surface area contributed by atoms with Gasteiger partial charge in [-0.1, -0.05) is 12.1 Å². The SMILES string of the molecule is Cn1cnnc1CNC(=O)C(C)(C)c1ccc(N)cc1. The lowest BCUT2D eigenvalue weighted by atomic mass is 9.83. The summed E-state index contributed by atoms with van der Waals surface area (Å²) in [4.78, 5) is 12.4. The average molecular weight is 273 g/mol. The molecule has 6 heteroatoms. The molecule has 0 aliphatic heterocycles. The van der Waals surface area contributed by atoms with E-state index in [-0.39, 0.29) is 5.91 Å². The molecular weight excluding hydrogens is 254 g/mol. The van der Waals surface area contributed by atoms with Crippen molar-refractivity contribution in [3.8, 4) is 0 Å². The lowest BCUT2D eigenvalue weighted by Crippen LogP contribution is -2.40. The molecule has 0 aliphatic carbocycles. The van der Waals surface area contributed by atoms with Crippen LogP contribution < -0.4 is 11.1 Å². The van der Waals surface area contributed by atoms with Crippen molar-refractivity contribution in [2.24, 2.45) is 7.05 Å². The van der Waals surface area contributed by atoms with Crippen LogP contribution in [-0.2, 0) is 23.8 Å². The van der Waals surface area contributed by atoms with Crippen molar-refractivity contribution in [2.45, 2.75) is 25.8 Å². The van der Waals surface area contributed by atoms with Gasteiger partial charge in [-0.3, -0.25) is 4.79 Å². The van der Waals surface area contributed by atoms with Crippen LogP contribution in [0.4, 0.5) is 5.69 Å². The molecule has 6 nitrogen and oxygen atoms in total. The van der Waals surface area contributed by atoms with Crippen LogP contribution in [0.15, 0.2) is 30.6 Å². The predicted molar refractivity (Wildman–Crippen MR) is 76.7 cm³/mol. The number of hydrogen-bond donors (Lipinski definition) is 2. The second-order valence-electron chi connectivity index (χ2n) is 5.29. The number of nitrogens with two attached hydrogens (primary N) is 1. The van der Waals surface area contributed by atoms with Gasteiger partial charge in [-0.15, -0.1) is 10.2 Å². The highest BCUT2D eigenvalue weighted by molar-refractivity contribution is 5.87. The van der Waals surface area contributed by atoms with E-state index in [4.69, 9.17) is 5.73 Å². The highest BCUT2D eigenvalue weighted by atomic mass is 16.2. The van der Waals surface area contributed by atoms with Crippen LogP contribution in [0, 0.1) is 0 Å². The van der Waals surface area contributed by atoms with Crippen molar-refractivity contribution < 1.29 is 4.79 Å². The quantitative estimate of drug-likeness (QED) is 0.813. The number of anilines is 1. The lowest BCUT2D eigenvalue weighted by molar-refractivity contribution is -0.125. The molecule has 1 aromatic heterocycles. The van der Waals surface area contributed by atoms with Gasteiger partial charge < -0.3 is 15.6 Å². The van der Waals surface area contributed by atoms with Gasteiger partial charge in [0.2, 0.25) is 5.91 Å². The second-order valence-corrected chi connectivity index (χ2v) is 5.29. The van der Waals surface area contributed by atoms with Gasteiger partial charge in [0, 0.05) is 12.7 Å². The Morgan fingerprint density at radius 2 is 2.00 bits per heavy atom. The van der Waals surface area contributed by atoms with Crippen LogP contribution in [0.3, 0.4) is 0 Å². The van der Waals surface area contributed by atoms with E-state index in [9.17, 15) is 4.79 Å². The van der Waals surface area contributed by atoms with E-state index >= 15 is 0 Å². The number of hydrogen-bond acceptors (Lipinski definition) is 4. The number of nitrogen functional groups attached to an aromatic ring is 1. The molecule has 0 bridgehead atoms. The van der Waals surface area contributed by atoms with E-state index in [1.807, 2.05) is 33.0 Å². The average Bonchev–Trinajstić information content (AvgIpc) is 2.82. The summed E-state index contributed by atoms with van der Waals surface area (Å²) in [5.74, 6) is 0.650. The first kappa shape index (κ1) is 14.0. The van der Waals surface area contributed by atoms with Gasteiger partial charge in [-0.05, 0) is 31.5 Å². The van der Waals surface area contributed by atoms with Crippen LogP contribution in [0.25, 0.3) is 0 Å². The topological polar surface area (TPSA) is 85.8 Å². The summed E-state index contributed by atoms with van der Waals surface area (Å²) in [6, 6.07) is 7.34. The number of rotatable bonds is 4. The molecule has 3 N–H and O–H groups in total. The number of nitrogens with zero attached hydrogens (tertiary/aromatic N) is 3. The van der Waals surface area contributed by atoms with Crippen molar-refractivity contribution in [2.75, 3.05) is 5.73 Å². The van der Waals surface area contributed by atoms with Gasteiger partial charge in [-0.25, -0.2) is 0 Å². The minimum Gasteiger partial charge on any atom is -0.399 e. The fourth-order valence-corrected chi connectivity index (χ4v) is 1.88. The van der Waals surface area contributed by atoms with Gasteiger partial charge in [0.1, 0.15) is 6.33 Å². The largest absolute Gasteiger partial charge is 0.399 e. The Labute approximate surface area is 118 Å². The third-order valence-electron chi connectivity index (χ3n) is 3.41. The van der Waals surface area contributed by atoms with Crippen LogP contribution >= 0.6 is 0 Å². The maximum atomic E-state index is 12.4. The summed E-state index contributed by atoms with van der Waals surface area (Å²) >= 11 is 0. The lowest BCUT2D eigenvalue weighted by Gasteiger charge is -2.24. The molecule has 0 radical (unpaired) electrons. The monoisotopic (exact) mass is 273 g/mol. The van der Waals surface area contributed by atoms with E-state index in [0.717, 1.165) is 5.56 Å². The standard InChI is InChI=1S/C14H19N5O/c1-14(2,10-4-6-11(15)7-5-10)13(20)16-8-12-18-17-9-19(12)3/h4-7,9H,8,15H2,1-3H3,(H,16,20). The van der Waals surface area contributed by atoms with Crippen molar-refractivity contribution in [1.82, 2.24) is 20.1 Å². The minimum atomic E-state index is -0.633. The smallest absolute Gasteiger partial charge is 0.230 e. The first-order valence-electron chi connectivity index (χ1n) is 6.38. The maximum Gasteiger partial charge on any atom is 0.230 e. The molecule has 2 aromatic rings. The Morgan fingerprint density at radius 3 is 2.55 bits per heavy atom. The van der Waals surface area contributed by atoms with Crippen molar-refractivity contribution in [3.63, 3.8) is 0 Å². The van der Waals surface area contributed by atoms with Gasteiger partial charge in [0.15, 0.2) is 5.82 Å². The number of aryl methyl sites for hydroxylation is 1. The summed E-state index contributed by atoms with van der Waals surface area (Å²) in [5.41, 5.74) is 6.64. The molecule has 0 aliphatic rings. The van der Waals surface area contributed by atoms with Gasteiger partial charge >= 0.3 is 0 Å². The molecule has 0 spiro atoms. The maximum absolute atomic E-state index is 12.4. The molecule has 0 atom stereocenters. The third-order valence-corrected chi connectivity index (χ3v) is 3.41. The second kappa shape index (κ2) is 5.32. The predicted octanol–water partition coefficient (Wildman–Crippen LogP) is 0.991. The molecule has 106 valence electrons.